The molecule has 0 rings (SSSR count). The monoisotopic (exact) mass is 376 g/mol. The third-order valence-electron chi connectivity index (χ3n) is 3.50. The topological polar surface area (TPSA) is 151 Å². The Morgan fingerprint density at radius 3 is 1.80 bits per heavy atom. The highest BCUT2D eigenvalue weighted by atomic mass is 32.1. The summed E-state index contributed by atoms with van der Waals surface area (Å²) in [6.45, 7) is 6.52. The minimum absolute atomic E-state index is 0.0301. The van der Waals surface area contributed by atoms with Gasteiger partial charge in [-0.15, -0.1) is 0 Å². The maximum atomic E-state index is 12.4. The molecule has 0 heterocycles. The summed E-state index contributed by atoms with van der Waals surface area (Å²) in [6.07, 6.45) is 0. The van der Waals surface area contributed by atoms with E-state index in [9.17, 15) is 19.2 Å². The molecule has 0 fully saturated rings. The second-order valence-corrected chi connectivity index (χ2v) is 6.67. The number of carbonyl (C=O) groups excluding carboxylic acids is 3. The standard InChI is InChI=1S/C15H28N4O5S/c1-7(2)11(18-10(20)5-16)14(22)17-9(6-25)13(21)19-12(8(3)4)15(23)24/h7-9,11-12,25H,5-6,16H2,1-4H3,(H,17,22)(H,18,20)(H,19,21)(H,23,24)/t9-,11-,12-/m0/s1. The molecule has 0 aliphatic heterocycles. The molecule has 0 bridgehead atoms. The Kier molecular flexibility index (Phi) is 10.1. The molecule has 0 spiro atoms. The van der Waals surface area contributed by atoms with Gasteiger partial charge in [0.05, 0.1) is 6.54 Å². The number of carbonyl (C=O) groups is 4. The van der Waals surface area contributed by atoms with Crippen molar-refractivity contribution in [2.24, 2.45) is 17.6 Å². The first-order valence-corrected chi connectivity index (χ1v) is 8.62. The summed E-state index contributed by atoms with van der Waals surface area (Å²) < 4.78 is 0. The van der Waals surface area contributed by atoms with E-state index in [4.69, 9.17) is 10.8 Å². The smallest absolute Gasteiger partial charge is 0.326 e. The lowest BCUT2D eigenvalue weighted by Gasteiger charge is -2.26. The number of hydrogen-bond donors (Lipinski definition) is 6. The Balaban J connectivity index is 5.04. The van der Waals surface area contributed by atoms with Crippen LogP contribution < -0.4 is 21.7 Å². The van der Waals surface area contributed by atoms with E-state index in [0.29, 0.717) is 0 Å². The lowest BCUT2D eigenvalue weighted by Crippen LogP contribution is -2.58. The van der Waals surface area contributed by atoms with E-state index in [-0.39, 0.29) is 24.1 Å². The highest BCUT2D eigenvalue weighted by Crippen LogP contribution is 2.05. The van der Waals surface area contributed by atoms with Crippen molar-refractivity contribution in [1.82, 2.24) is 16.0 Å². The van der Waals surface area contributed by atoms with E-state index in [1.54, 1.807) is 27.7 Å². The van der Waals surface area contributed by atoms with E-state index in [2.05, 4.69) is 28.6 Å². The predicted octanol–water partition coefficient (Wildman–Crippen LogP) is -1.27. The molecule has 0 saturated heterocycles. The molecule has 0 aromatic rings. The number of rotatable bonds is 10. The zero-order valence-corrected chi connectivity index (χ0v) is 15.8. The lowest BCUT2D eigenvalue weighted by molar-refractivity contribution is -0.143. The van der Waals surface area contributed by atoms with Gasteiger partial charge in [0, 0.05) is 5.75 Å². The molecule has 9 nitrogen and oxygen atoms in total. The molecule has 0 aromatic heterocycles. The van der Waals surface area contributed by atoms with Gasteiger partial charge >= 0.3 is 5.97 Å². The highest BCUT2D eigenvalue weighted by Gasteiger charge is 2.30. The van der Waals surface area contributed by atoms with Gasteiger partial charge in [-0.25, -0.2) is 4.79 Å². The van der Waals surface area contributed by atoms with Crippen molar-refractivity contribution >= 4 is 36.3 Å². The van der Waals surface area contributed by atoms with Gasteiger partial charge in [-0.2, -0.15) is 12.6 Å². The second kappa shape index (κ2) is 10.9. The fourth-order valence-electron chi connectivity index (χ4n) is 1.99. The zero-order chi connectivity index (χ0) is 19.7. The number of nitrogens with two attached hydrogens (primary N) is 1. The molecule has 10 heteroatoms. The first-order chi connectivity index (χ1) is 11.5. The molecule has 0 radical (unpaired) electrons. The molecule has 0 aromatic carbocycles. The maximum Gasteiger partial charge on any atom is 0.326 e. The normalized spacial score (nSPS) is 14.6. The Morgan fingerprint density at radius 1 is 0.920 bits per heavy atom. The largest absolute Gasteiger partial charge is 0.480 e. The van der Waals surface area contributed by atoms with E-state index < -0.39 is 41.8 Å². The maximum absolute atomic E-state index is 12.4. The quantitative estimate of drug-likeness (QED) is 0.262. The minimum Gasteiger partial charge on any atom is -0.480 e. The van der Waals surface area contributed by atoms with Crippen LogP contribution in [0.2, 0.25) is 0 Å². The van der Waals surface area contributed by atoms with Crippen LogP contribution in [0.3, 0.4) is 0 Å². The fraction of sp³-hybridized carbons (Fsp3) is 0.733. The van der Waals surface area contributed by atoms with Crippen molar-refractivity contribution in [3.05, 3.63) is 0 Å². The van der Waals surface area contributed by atoms with Crippen LogP contribution in [-0.2, 0) is 19.2 Å². The SMILES string of the molecule is CC(C)[C@H](NC(=O)[C@H](CS)NC(=O)[C@@H](NC(=O)CN)C(C)C)C(=O)O. The van der Waals surface area contributed by atoms with Crippen molar-refractivity contribution in [3.8, 4) is 0 Å². The molecular weight excluding hydrogens is 348 g/mol. The average molecular weight is 376 g/mol. The number of carboxylic acids is 1. The average Bonchev–Trinajstić information content (AvgIpc) is 2.53. The van der Waals surface area contributed by atoms with Gasteiger partial charge < -0.3 is 26.8 Å². The predicted molar refractivity (Wildman–Crippen MR) is 96.0 cm³/mol. The Hall–Kier alpha value is -1.81. The molecule has 0 unspecified atom stereocenters. The van der Waals surface area contributed by atoms with Crippen LogP contribution in [0.25, 0.3) is 0 Å². The third-order valence-corrected chi connectivity index (χ3v) is 3.86. The third kappa shape index (κ3) is 7.74. The summed E-state index contributed by atoms with van der Waals surface area (Å²) >= 11 is 4.03. The van der Waals surface area contributed by atoms with Gasteiger partial charge in [0.25, 0.3) is 0 Å². The summed E-state index contributed by atoms with van der Waals surface area (Å²) in [4.78, 5) is 47.2. The van der Waals surface area contributed by atoms with Gasteiger partial charge in [-0.05, 0) is 11.8 Å². The number of thiol groups is 1. The molecule has 3 amide bonds. The Labute approximate surface area is 152 Å². The van der Waals surface area contributed by atoms with E-state index in [1.165, 1.54) is 0 Å². The van der Waals surface area contributed by atoms with Crippen molar-refractivity contribution < 1.29 is 24.3 Å². The number of hydrogen-bond acceptors (Lipinski definition) is 6. The molecule has 0 aliphatic rings. The first-order valence-electron chi connectivity index (χ1n) is 7.98. The van der Waals surface area contributed by atoms with Crippen molar-refractivity contribution in [2.75, 3.05) is 12.3 Å². The Bertz CT molecular complexity index is 498. The van der Waals surface area contributed by atoms with Crippen LogP contribution in [0.4, 0.5) is 0 Å². The van der Waals surface area contributed by atoms with Crippen LogP contribution in [0.5, 0.6) is 0 Å². The van der Waals surface area contributed by atoms with Crippen LogP contribution >= 0.6 is 12.6 Å². The number of amides is 3. The molecule has 3 atom stereocenters. The van der Waals surface area contributed by atoms with Gasteiger partial charge in [0.1, 0.15) is 18.1 Å². The Morgan fingerprint density at radius 2 is 1.44 bits per heavy atom. The van der Waals surface area contributed by atoms with Crippen molar-refractivity contribution in [2.45, 2.75) is 45.8 Å². The molecule has 0 saturated carbocycles. The second-order valence-electron chi connectivity index (χ2n) is 6.31. The summed E-state index contributed by atoms with van der Waals surface area (Å²) in [5, 5.41) is 16.5. The van der Waals surface area contributed by atoms with Crippen LogP contribution in [0.1, 0.15) is 27.7 Å². The van der Waals surface area contributed by atoms with Gasteiger partial charge in [-0.1, -0.05) is 27.7 Å². The molecule has 6 N–H and O–H groups in total. The summed E-state index contributed by atoms with van der Waals surface area (Å²) in [7, 11) is 0. The zero-order valence-electron chi connectivity index (χ0n) is 14.9. The highest BCUT2D eigenvalue weighted by molar-refractivity contribution is 7.80. The van der Waals surface area contributed by atoms with Gasteiger partial charge in [-0.3, -0.25) is 14.4 Å². The number of nitrogens with one attached hydrogen (secondary N) is 3. The number of aliphatic carboxylic acids is 1. The molecule has 0 aliphatic carbocycles. The summed E-state index contributed by atoms with van der Waals surface area (Å²) in [6, 6.07) is -2.98. The minimum atomic E-state index is -1.16. The van der Waals surface area contributed by atoms with Crippen LogP contribution in [-0.4, -0.2) is 59.2 Å². The fourth-order valence-corrected chi connectivity index (χ4v) is 2.25. The van der Waals surface area contributed by atoms with Crippen LogP contribution in [0.15, 0.2) is 0 Å². The number of carboxylic acid groups (broad SMARTS) is 1. The summed E-state index contributed by atoms with van der Waals surface area (Å²) in [5.74, 6) is -3.47. The van der Waals surface area contributed by atoms with Crippen molar-refractivity contribution in [3.63, 3.8) is 0 Å². The summed E-state index contributed by atoms with van der Waals surface area (Å²) in [5.41, 5.74) is 5.23. The van der Waals surface area contributed by atoms with E-state index >= 15 is 0 Å². The lowest BCUT2D eigenvalue weighted by atomic mass is 10.0. The van der Waals surface area contributed by atoms with Crippen LogP contribution in [0, 0.1) is 11.8 Å². The molecule has 144 valence electrons. The molecule has 25 heavy (non-hydrogen) atoms. The van der Waals surface area contributed by atoms with Gasteiger partial charge in [0.2, 0.25) is 17.7 Å². The first kappa shape index (κ1) is 23.2. The van der Waals surface area contributed by atoms with E-state index in [0.717, 1.165) is 0 Å². The van der Waals surface area contributed by atoms with E-state index in [1.807, 2.05) is 0 Å². The molecular formula is C15H28N4O5S. The van der Waals surface area contributed by atoms with Gasteiger partial charge in [0.15, 0.2) is 0 Å². The van der Waals surface area contributed by atoms with Crippen molar-refractivity contribution in [1.29, 1.82) is 0 Å².